The Morgan fingerprint density at radius 2 is 2.15 bits per heavy atom. The van der Waals surface area contributed by atoms with Crippen LogP contribution in [0.2, 0.25) is 0 Å². The molecule has 0 aliphatic rings. The van der Waals surface area contributed by atoms with Crippen LogP contribution < -0.4 is 5.32 Å². The van der Waals surface area contributed by atoms with Crippen LogP contribution in [0.3, 0.4) is 0 Å². The van der Waals surface area contributed by atoms with E-state index in [4.69, 9.17) is 0 Å². The van der Waals surface area contributed by atoms with Gasteiger partial charge in [-0.2, -0.15) is 0 Å². The van der Waals surface area contributed by atoms with Crippen LogP contribution in [0.25, 0.3) is 0 Å². The maximum absolute atomic E-state index is 13.4. The molecule has 1 N–H and O–H groups in total. The van der Waals surface area contributed by atoms with Gasteiger partial charge in [0.05, 0.1) is 10.7 Å². The van der Waals surface area contributed by atoms with Gasteiger partial charge in [0, 0.05) is 17.3 Å². The van der Waals surface area contributed by atoms with Crippen LogP contribution in [0.4, 0.5) is 4.39 Å². The third-order valence-electron chi connectivity index (χ3n) is 3.34. The third kappa shape index (κ3) is 3.87. The Morgan fingerprint density at radius 1 is 1.35 bits per heavy atom. The molecule has 0 aliphatic carbocycles. The number of hydrogen-bond acceptors (Lipinski definition) is 3. The Hall–Kier alpha value is -1.26. The van der Waals surface area contributed by atoms with Crippen molar-refractivity contribution >= 4 is 11.3 Å². The number of thiazole rings is 1. The summed E-state index contributed by atoms with van der Waals surface area (Å²) in [7, 11) is 0. The van der Waals surface area contributed by atoms with Crippen LogP contribution in [0, 0.1) is 19.7 Å². The highest BCUT2D eigenvalue weighted by molar-refractivity contribution is 7.11. The monoisotopic (exact) mass is 292 g/mol. The predicted molar refractivity (Wildman–Crippen MR) is 82.7 cm³/mol. The molecule has 0 amide bonds. The zero-order valence-corrected chi connectivity index (χ0v) is 13.1. The first-order chi connectivity index (χ1) is 9.60. The molecule has 0 bridgehead atoms. The van der Waals surface area contributed by atoms with Gasteiger partial charge < -0.3 is 5.32 Å². The van der Waals surface area contributed by atoms with Crippen LogP contribution in [-0.4, -0.2) is 11.5 Å². The lowest BCUT2D eigenvalue weighted by Crippen LogP contribution is -2.24. The molecule has 0 radical (unpaired) electrons. The van der Waals surface area contributed by atoms with E-state index in [1.807, 2.05) is 13.0 Å². The van der Waals surface area contributed by atoms with E-state index in [0.717, 1.165) is 35.7 Å². The van der Waals surface area contributed by atoms with E-state index in [1.165, 1.54) is 10.9 Å². The summed E-state index contributed by atoms with van der Waals surface area (Å²) in [5.41, 5.74) is 2.09. The largest absolute Gasteiger partial charge is 0.310 e. The summed E-state index contributed by atoms with van der Waals surface area (Å²) >= 11 is 1.73. The summed E-state index contributed by atoms with van der Waals surface area (Å²) in [6.07, 6.45) is 1.87. The fourth-order valence-electron chi connectivity index (χ4n) is 2.15. The van der Waals surface area contributed by atoms with E-state index in [0.29, 0.717) is 0 Å². The molecule has 20 heavy (non-hydrogen) atoms. The molecular formula is C16H21FN2S. The minimum Gasteiger partial charge on any atom is -0.310 e. The Kier molecular flexibility index (Phi) is 5.26. The van der Waals surface area contributed by atoms with Gasteiger partial charge in [-0.25, -0.2) is 9.37 Å². The quantitative estimate of drug-likeness (QED) is 0.864. The van der Waals surface area contributed by atoms with E-state index in [9.17, 15) is 4.39 Å². The van der Waals surface area contributed by atoms with Gasteiger partial charge in [0.1, 0.15) is 5.82 Å². The third-order valence-corrected chi connectivity index (χ3v) is 4.44. The van der Waals surface area contributed by atoms with Crippen molar-refractivity contribution < 1.29 is 4.39 Å². The summed E-state index contributed by atoms with van der Waals surface area (Å²) in [5, 5.41) is 4.60. The fraction of sp³-hybridized carbons (Fsp3) is 0.438. The van der Waals surface area contributed by atoms with Crippen molar-refractivity contribution in [2.75, 3.05) is 6.54 Å². The molecule has 108 valence electrons. The molecule has 1 aromatic heterocycles. The van der Waals surface area contributed by atoms with Crippen LogP contribution in [0.1, 0.15) is 40.5 Å². The highest BCUT2D eigenvalue weighted by Gasteiger charge is 2.15. The second-order valence-electron chi connectivity index (χ2n) is 5.02. The predicted octanol–water partition coefficient (Wildman–Crippen LogP) is 4.18. The number of aromatic nitrogens is 1. The van der Waals surface area contributed by atoms with Gasteiger partial charge in [-0.1, -0.05) is 19.1 Å². The minimum atomic E-state index is -0.183. The van der Waals surface area contributed by atoms with E-state index in [1.54, 1.807) is 23.5 Å². The summed E-state index contributed by atoms with van der Waals surface area (Å²) in [5.74, 6) is -0.183. The zero-order valence-electron chi connectivity index (χ0n) is 12.2. The Morgan fingerprint density at radius 3 is 2.75 bits per heavy atom. The average Bonchev–Trinajstić information content (AvgIpc) is 2.73. The molecule has 2 nitrogen and oxygen atoms in total. The van der Waals surface area contributed by atoms with E-state index in [-0.39, 0.29) is 11.9 Å². The smallest absolute Gasteiger partial charge is 0.123 e. The molecule has 1 aromatic carbocycles. The molecule has 4 heteroatoms. The molecule has 0 aliphatic heterocycles. The van der Waals surface area contributed by atoms with Crippen LogP contribution >= 0.6 is 11.3 Å². The van der Waals surface area contributed by atoms with Crippen LogP contribution in [0.5, 0.6) is 0 Å². The van der Waals surface area contributed by atoms with Crippen molar-refractivity contribution in [3.05, 3.63) is 51.2 Å². The second kappa shape index (κ2) is 6.95. The van der Waals surface area contributed by atoms with Crippen molar-refractivity contribution in [3.8, 4) is 0 Å². The Balaban J connectivity index is 2.18. The van der Waals surface area contributed by atoms with Crippen molar-refractivity contribution in [1.82, 2.24) is 10.3 Å². The second-order valence-corrected chi connectivity index (χ2v) is 6.30. The number of nitrogens with zero attached hydrogens (tertiary/aromatic N) is 1. The van der Waals surface area contributed by atoms with Crippen LogP contribution in [0.15, 0.2) is 24.3 Å². The molecule has 1 unspecified atom stereocenters. The molecule has 0 spiro atoms. The van der Waals surface area contributed by atoms with Gasteiger partial charge in [-0.15, -0.1) is 11.3 Å². The van der Waals surface area contributed by atoms with Gasteiger partial charge in [-0.3, -0.25) is 0 Å². The molecule has 2 rings (SSSR count). The molecule has 0 saturated heterocycles. The number of halogens is 1. The van der Waals surface area contributed by atoms with Crippen LogP contribution in [-0.2, 0) is 6.42 Å². The maximum Gasteiger partial charge on any atom is 0.123 e. The number of aryl methyl sites for hydroxylation is 2. The first kappa shape index (κ1) is 15.1. The summed E-state index contributed by atoms with van der Waals surface area (Å²) in [4.78, 5) is 5.85. The molecule has 0 fully saturated rings. The van der Waals surface area contributed by atoms with Crippen molar-refractivity contribution in [1.29, 1.82) is 0 Å². The van der Waals surface area contributed by atoms with E-state index >= 15 is 0 Å². The van der Waals surface area contributed by atoms with Gasteiger partial charge in [-0.05, 0) is 44.5 Å². The summed E-state index contributed by atoms with van der Waals surface area (Å²) < 4.78 is 13.4. The first-order valence-electron chi connectivity index (χ1n) is 7.02. The average molecular weight is 292 g/mol. The lowest BCUT2D eigenvalue weighted by molar-refractivity contribution is 0.523. The normalized spacial score (nSPS) is 12.6. The number of benzene rings is 1. The topological polar surface area (TPSA) is 24.9 Å². The van der Waals surface area contributed by atoms with Crippen molar-refractivity contribution in [2.24, 2.45) is 0 Å². The van der Waals surface area contributed by atoms with Gasteiger partial charge >= 0.3 is 0 Å². The molecule has 1 heterocycles. The number of rotatable bonds is 6. The Bertz CT molecular complexity index is 546. The highest BCUT2D eigenvalue weighted by atomic mass is 32.1. The van der Waals surface area contributed by atoms with Gasteiger partial charge in [0.2, 0.25) is 0 Å². The minimum absolute atomic E-state index is 0.121. The maximum atomic E-state index is 13.4. The van der Waals surface area contributed by atoms with Gasteiger partial charge in [0.25, 0.3) is 0 Å². The number of nitrogens with one attached hydrogen (secondary N) is 1. The lowest BCUT2D eigenvalue weighted by atomic mass is 10.0. The van der Waals surface area contributed by atoms with E-state index < -0.39 is 0 Å². The van der Waals surface area contributed by atoms with Gasteiger partial charge in [0.15, 0.2) is 0 Å². The summed E-state index contributed by atoms with van der Waals surface area (Å²) in [6.45, 7) is 7.18. The SMILES string of the molecule is CCCNC(Cc1nc(C)c(C)s1)c1cccc(F)c1. The fourth-order valence-corrected chi connectivity index (χ4v) is 3.13. The molecule has 0 saturated carbocycles. The molecule has 2 aromatic rings. The standard InChI is InChI=1S/C16H21FN2S/c1-4-8-18-15(13-6-5-7-14(17)9-13)10-16-19-11(2)12(3)20-16/h5-7,9,15,18H,4,8,10H2,1-3H3. The van der Waals surface area contributed by atoms with Crippen molar-refractivity contribution in [2.45, 2.75) is 39.7 Å². The lowest BCUT2D eigenvalue weighted by Gasteiger charge is -2.18. The first-order valence-corrected chi connectivity index (χ1v) is 7.83. The Labute approximate surface area is 124 Å². The molecule has 1 atom stereocenters. The number of hydrogen-bond donors (Lipinski definition) is 1. The van der Waals surface area contributed by atoms with E-state index in [2.05, 4.69) is 24.1 Å². The zero-order chi connectivity index (χ0) is 14.5. The highest BCUT2D eigenvalue weighted by Crippen LogP contribution is 2.24. The van der Waals surface area contributed by atoms with Crippen molar-refractivity contribution in [3.63, 3.8) is 0 Å². The summed E-state index contributed by atoms with van der Waals surface area (Å²) in [6, 6.07) is 6.96. The molecular weight excluding hydrogens is 271 g/mol.